The lowest BCUT2D eigenvalue weighted by Crippen LogP contribution is -2.41. The van der Waals surface area contributed by atoms with Gasteiger partial charge in [-0.1, -0.05) is 39.0 Å². The first kappa shape index (κ1) is 86.2. The van der Waals surface area contributed by atoms with Crippen LogP contribution in [0.3, 0.4) is 0 Å². The highest BCUT2D eigenvalue weighted by atomic mass is 32.2. The minimum absolute atomic E-state index is 0.0401. The van der Waals surface area contributed by atoms with Crippen molar-refractivity contribution < 1.29 is 39.6 Å². The summed E-state index contributed by atoms with van der Waals surface area (Å²) in [5, 5.41) is 2.34. The van der Waals surface area contributed by atoms with Gasteiger partial charge in [-0.25, -0.2) is 59.0 Å². The Kier molecular flexibility index (Phi) is 25.6. The van der Waals surface area contributed by atoms with Gasteiger partial charge in [0.2, 0.25) is 0 Å². The van der Waals surface area contributed by atoms with E-state index in [-0.39, 0.29) is 71.9 Å². The molecule has 0 unspecified atom stereocenters. The van der Waals surface area contributed by atoms with E-state index in [0.717, 1.165) is 76.6 Å². The molecule has 0 spiro atoms. The summed E-state index contributed by atoms with van der Waals surface area (Å²) in [5.74, 6) is 2.74. The predicted octanol–water partition coefficient (Wildman–Crippen LogP) is 11.6. The van der Waals surface area contributed by atoms with E-state index in [2.05, 4.69) is 171 Å². The van der Waals surface area contributed by atoms with Gasteiger partial charge in [0, 0.05) is 104 Å². The zero-order valence-electron chi connectivity index (χ0n) is 68.9. The normalized spacial score (nSPS) is 16.9. The van der Waals surface area contributed by atoms with E-state index in [0.29, 0.717) is 78.0 Å². The van der Waals surface area contributed by atoms with Crippen LogP contribution < -0.4 is 61.2 Å². The highest BCUT2D eigenvalue weighted by Crippen LogP contribution is 2.43. The first-order chi connectivity index (χ1) is 53.8. The number of amides is 3. The largest absolute Gasteiger partial charge is 0.384 e. The Labute approximate surface area is 675 Å². The van der Waals surface area contributed by atoms with Crippen molar-refractivity contribution in [2.24, 2.45) is 17.8 Å². The van der Waals surface area contributed by atoms with Crippen molar-refractivity contribution in [1.29, 1.82) is 0 Å². The lowest BCUT2D eigenvalue weighted by molar-refractivity contribution is 0.0972. The molecule has 3 aliphatic rings. The topological polar surface area (TPSA) is 412 Å². The molecule has 9 aromatic heterocycles. The summed E-state index contributed by atoms with van der Waals surface area (Å²) in [5.41, 5.74) is 23.9. The second-order valence-corrected chi connectivity index (χ2v) is 37.4. The smallest absolute Gasteiger partial charge is 0.281 e. The number of hydrogen-bond acceptors (Lipinski definition) is 27. The third-order valence-corrected chi connectivity index (χ3v) is 24.2. The number of nitrogens with zero attached hydrogens (tertiary/aromatic N) is 14. The zero-order valence-corrected chi connectivity index (χ0v) is 71.3. The van der Waals surface area contributed by atoms with Gasteiger partial charge in [-0.2, -0.15) is 25.3 Å². The number of nitrogen functional groups attached to an aromatic ring is 3. The van der Waals surface area contributed by atoms with Gasteiger partial charge in [0.1, 0.15) is 52.4 Å². The summed E-state index contributed by atoms with van der Waals surface area (Å²) < 4.78 is 84.0. The van der Waals surface area contributed by atoms with Crippen LogP contribution in [-0.4, -0.2) is 157 Å². The molecule has 0 saturated carbocycles. The maximum Gasteiger partial charge on any atom is 0.281 e. The number of nitrogens with one attached hydrogen (secondary N) is 4. The minimum atomic E-state index is -4.25. The Morgan fingerprint density at radius 3 is 1.05 bits per heavy atom. The Balaban J connectivity index is 0.000000182. The predicted molar refractivity (Wildman–Crippen MR) is 453 cm³/mol. The average molecular weight is 1630 g/mol. The average Bonchev–Trinajstić information content (AvgIpc) is 1.70. The monoisotopic (exact) mass is 1630 g/mol. The van der Waals surface area contributed by atoms with E-state index in [1.807, 2.05) is 53.1 Å². The van der Waals surface area contributed by atoms with E-state index in [1.165, 1.54) is 54.6 Å². The lowest BCUT2D eigenvalue weighted by Gasteiger charge is -2.34. The third kappa shape index (κ3) is 20.0. The van der Waals surface area contributed by atoms with E-state index in [4.69, 9.17) is 32.2 Å². The van der Waals surface area contributed by atoms with Crippen molar-refractivity contribution in [2.45, 2.75) is 181 Å². The third-order valence-electron chi connectivity index (χ3n) is 20.5. The van der Waals surface area contributed by atoms with Crippen LogP contribution in [0.4, 0.5) is 52.4 Å². The number of sulfonamides is 3. The molecule has 3 saturated heterocycles. The van der Waals surface area contributed by atoms with Gasteiger partial charge >= 0.3 is 0 Å². The van der Waals surface area contributed by atoms with E-state index >= 15 is 0 Å². The molecule has 12 rings (SSSR count). The second-order valence-electron chi connectivity index (χ2n) is 32.5. The molecule has 3 amide bonds. The number of rotatable bonds is 21. The summed E-state index contributed by atoms with van der Waals surface area (Å²) in [7, 11) is -8.74. The summed E-state index contributed by atoms with van der Waals surface area (Å²) in [6.45, 7) is 38.3. The number of hydrogen-bond donors (Lipinski definition) is 7. The summed E-state index contributed by atoms with van der Waals surface area (Å²) in [4.78, 5) is 90.9. The Bertz CT molecular complexity index is 5510. The lowest BCUT2D eigenvalue weighted by atomic mass is 9.97. The van der Waals surface area contributed by atoms with Gasteiger partial charge < -0.3 is 47.0 Å². The van der Waals surface area contributed by atoms with Crippen LogP contribution in [0.1, 0.15) is 164 Å². The maximum absolute atomic E-state index is 13.4. The van der Waals surface area contributed by atoms with Crippen LogP contribution >= 0.6 is 0 Å². The molecule has 30 nitrogen and oxygen atoms in total. The molecule has 115 heavy (non-hydrogen) atoms. The van der Waals surface area contributed by atoms with Crippen LogP contribution in [0, 0.1) is 38.5 Å². The van der Waals surface area contributed by atoms with Crippen LogP contribution in [0.25, 0.3) is 33.8 Å². The Hall–Kier alpha value is -11.2. The molecule has 3 fully saturated rings. The molecular formula is C82H107N21O9S3. The first-order valence-corrected chi connectivity index (χ1v) is 42.6. The quantitative estimate of drug-likeness (QED) is 0.0351. The molecule has 10 N–H and O–H groups in total. The number of aryl methyl sites for hydroxylation is 3. The molecule has 612 valence electrons. The number of carbonyl (C=O) groups excluding carboxylic acids is 3. The number of nitrogens with two attached hydrogens (primary N) is 3. The number of anilines is 9. The van der Waals surface area contributed by atoms with Crippen molar-refractivity contribution in [3.05, 3.63) is 161 Å². The highest BCUT2D eigenvalue weighted by Gasteiger charge is 2.43. The summed E-state index contributed by atoms with van der Waals surface area (Å²) in [6, 6.07) is 29.3. The molecule has 3 aliphatic heterocycles. The van der Waals surface area contributed by atoms with E-state index < -0.39 is 47.8 Å². The SMILES string of the molecule is CCN(C)c1ncc(-c2ccc(C(=O)NS(=O)(=O)c3cccc(N)n3)c(N3C[C@@H](C)CC3(C)C)n2)cc1C.Cc1cc(-c2ccc(C(=O)NS(=O)(=O)c3cccc(N)n3)c(N3C[C@@H](C)CC3(C)C)n2)cnc1N(C)C(C)C.Cc1cc(-c2ccc(C(=O)NS(=O)(=O)c3cccc(N)n3)c(N3C[C@@H](C)CC3(C)C)n2)cnc1NC(C)C. The summed E-state index contributed by atoms with van der Waals surface area (Å²) in [6.07, 6.45) is 8.01. The highest BCUT2D eigenvalue weighted by molar-refractivity contribution is 7.90. The molecule has 0 aromatic carbocycles. The van der Waals surface area contributed by atoms with Gasteiger partial charge in [-0.3, -0.25) is 14.4 Å². The Morgan fingerprint density at radius 2 is 0.783 bits per heavy atom. The summed E-state index contributed by atoms with van der Waals surface area (Å²) >= 11 is 0. The van der Waals surface area contributed by atoms with Crippen molar-refractivity contribution in [3.8, 4) is 33.8 Å². The van der Waals surface area contributed by atoms with Gasteiger partial charge in [-0.15, -0.1) is 0 Å². The van der Waals surface area contributed by atoms with Gasteiger partial charge in [0.05, 0.1) is 33.8 Å². The molecule has 0 bridgehead atoms. The van der Waals surface area contributed by atoms with Crippen molar-refractivity contribution in [2.75, 3.05) is 87.3 Å². The van der Waals surface area contributed by atoms with Crippen LogP contribution in [0.15, 0.2) is 143 Å². The standard InChI is InChI=1S/C28H37N7O3S.2C27H35N7O3S/c1-17(2)34(7)25-19(4)13-20(15-30-25)22-12-11-21(26(31-22)35-16-18(3)14-28(35,5)6)27(36)33-39(37,38)24-10-8-9-23(29)32-24;1-16(2)30-24-18(4)12-19(14-29-24)21-11-10-20(25(31-21)34-15-17(3)13-27(34,5)6)26(35)33-38(36,37)23-9-7-8-22(28)32-23;1-7-33(6)24-18(3)13-19(15-29-24)21-12-11-20(25(30-21)34-16-17(2)14-27(34,4)5)26(35)32-38(36,37)23-10-8-9-22(28)31-23/h8-13,15,17-18H,14,16H2,1-7H3,(H2,29,32)(H,33,36);7-12,14,16-17H,13,15H2,1-6H3,(H2,28,32)(H,29,30)(H,33,35);8-13,15,17H,7,14,16H2,1-6H3,(H2,28,31)(H,32,35)/t18-;2*17-/m000/s1. The second kappa shape index (κ2) is 34.1. The number of pyridine rings is 9. The van der Waals surface area contributed by atoms with E-state index in [1.54, 1.807) is 55.0 Å². The molecule has 0 radical (unpaired) electrons. The molecule has 0 aliphatic carbocycles. The fourth-order valence-electron chi connectivity index (χ4n) is 15.0. The van der Waals surface area contributed by atoms with Gasteiger partial charge in [-0.05, 0) is 242 Å². The van der Waals surface area contributed by atoms with Gasteiger partial charge in [0.25, 0.3) is 47.8 Å². The Morgan fingerprint density at radius 1 is 0.470 bits per heavy atom. The molecule has 33 heteroatoms. The van der Waals surface area contributed by atoms with Crippen LogP contribution in [-0.2, 0) is 30.1 Å². The number of aromatic nitrogens is 9. The molecule has 12 heterocycles. The van der Waals surface area contributed by atoms with Crippen molar-refractivity contribution in [3.63, 3.8) is 0 Å². The van der Waals surface area contributed by atoms with Crippen LogP contribution in [0.5, 0.6) is 0 Å². The minimum Gasteiger partial charge on any atom is -0.384 e. The van der Waals surface area contributed by atoms with Gasteiger partial charge in [0.15, 0.2) is 15.1 Å². The van der Waals surface area contributed by atoms with Crippen molar-refractivity contribution in [1.82, 2.24) is 59.0 Å². The van der Waals surface area contributed by atoms with E-state index in [9.17, 15) is 39.6 Å². The zero-order chi connectivity index (χ0) is 84.4. The van der Waals surface area contributed by atoms with Crippen molar-refractivity contribution >= 4 is 100 Å². The molecule has 9 aromatic rings. The van der Waals surface area contributed by atoms with Crippen LogP contribution in [0.2, 0.25) is 0 Å². The maximum atomic E-state index is 13.4. The molecular weight excluding hydrogens is 1520 g/mol. The fourth-order valence-corrected chi connectivity index (χ4v) is 17.8. The first-order valence-electron chi connectivity index (χ1n) is 38.1. The fraction of sp³-hybridized carbons (Fsp3) is 0.415. The molecule has 3 atom stereocenters. The number of carbonyl (C=O) groups is 3.